The Labute approximate surface area is 120 Å². The molecule has 0 radical (unpaired) electrons. The van der Waals surface area contributed by atoms with Crippen LogP contribution in [-0.4, -0.2) is 13.1 Å². The van der Waals surface area contributed by atoms with Crippen LogP contribution < -0.4 is 9.47 Å². The second-order valence-corrected chi connectivity index (χ2v) is 4.53. The average Bonchev–Trinajstić information content (AvgIpc) is 2.42. The van der Waals surface area contributed by atoms with Crippen molar-refractivity contribution in [1.82, 2.24) is 0 Å². The summed E-state index contributed by atoms with van der Waals surface area (Å²) in [4.78, 5) is 11.9. The van der Waals surface area contributed by atoms with Gasteiger partial charge in [-0.2, -0.15) is 0 Å². The summed E-state index contributed by atoms with van der Waals surface area (Å²) in [7, 11) is 1.56. The van der Waals surface area contributed by atoms with Gasteiger partial charge >= 0.3 is 5.97 Å². The first-order valence-electron chi connectivity index (χ1n) is 5.41. The number of halogens is 2. The maximum absolute atomic E-state index is 11.9. The van der Waals surface area contributed by atoms with E-state index >= 15 is 0 Å². The smallest absolute Gasteiger partial charge is 0.345 e. The first-order chi connectivity index (χ1) is 9.10. The molecule has 0 saturated heterocycles. The monoisotopic (exact) mass is 296 g/mol. The number of esters is 1. The van der Waals surface area contributed by atoms with Gasteiger partial charge in [0.25, 0.3) is 0 Å². The van der Waals surface area contributed by atoms with E-state index in [1.807, 2.05) is 0 Å². The molecule has 0 heterocycles. The molecule has 3 nitrogen and oxygen atoms in total. The SMILES string of the molecule is COc1ccc(OC(=O)c2cc(Cl)ccc2Cl)cc1. The van der Waals surface area contributed by atoms with E-state index in [0.29, 0.717) is 21.5 Å². The molecule has 0 bridgehead atoms. The highest BCUT2D eigenvalue weighted by Crippen LogP contribution is 2.23. The van der Waals surface area contributed by atoms with Crippen LogP contribution in [0.4, 0.5) is 0 Å². The van der Waals surface area contributed by atoms with Crippen LogP contribution in [-0.2, 0) is 0 Å². The minimum atomic E-state index is -0.558. The molecule has 2 aromatic rings. The third-order valence-electron chi connectivity index (χ3n) is 2.42. The topological polar surface area (TPSA) is 35.5 Å². The summed E-state index contributed by atoms with van der Waals surface area (Å²) in [6.45, 7) is 0. The van der Waals surface area contributed by atoms with E-state index in [1.165, 1.54) is 6.07 Å². The first kappa shape index (κ1) is 13.7. The van der Waals surface area contributed by atoms with Gasteiger partial charge in [-0.25, -0.2) is 4.79 Å². The zero-order chi connectivity index (χ0) is 13.8. The molecular formula is C14H10Cl2O3. The zero-order valence-corrected chi connectivity index (χ0v) is 11.5. The van der Waals surface area contributed by atoms with Crippen molar-refractivity contribution in [3.63, 3.8) is 0 Å². The number of methoxy groups -OCH3 is 1. The zero-order valence-electron chi connectivity index (χ0n) is 10.0. The molecule has 0 aliphatic heterocycles. The summed E-state index contributed by atoms with van der Waals surface area (Å²) in [5.74, 6) is 0.528. The van der Waals surface area contributed by atoms with Crippen LogP contribution in [0.1, 0.15) is 10.4 Å². The van der Waals surface area contributed by atoms with Crippen LogP contribution in [0.2, 0.25) is 10.0 Å². The Morgan fingerprint density at radius 2 is 1.63 bits per heavy atom. The summed E-state index contributed by atoms with van der Waals surface area (Å²) in [5, 5.41) is 0.717. The van der Waals surface area contributed by atoms with Crippen molar-refractivity contribution >= 4 is 29.2 Å². The highest BCUT2D eigenvalue weighted by Gasteiger charge is 2.13. The standard InChI is InChI=1S/C14H10Cl2O3/c1-18-10-3-5-11(6-4-10)19-14(17)12-8-9(15)2-7-13(12)16/h2-8H,1H3. The van der Waals surface area contributed by atoms with Crippen LogP contribution in [0, 0.1) is 0 Å². The molecule has 0 saturated carbocycles. The maximum Gasteiger partial charge on any atom is 0.345 e. The van der Waals surface area contributed by atoms with Crippen molar-refractivity contribution < 1.29 is 14.3 Å². The average molecular weight is 297 g/mol. The summed E-state index contributed by atoms with van der Waals surface area (Å²) < 4.78 is 10.2. The van der Waals surface area contributed by atoms with Gasteiger partial charge in [-0.15, -0.1) is 0 Å². The quantitative estimate of drug-likeness (QED) is 0.628. The minimum Gasteiger partial charge on any atom is -0.497 e. The molecule has 0 unspecified atom stereocenters. The van der Waals surface area contributed by atoms with E-state index in [4.69, 9.17) is 32.7 Å². The van der Waals surface area contributed by atoms with Crippen molar-refractivity contribution in [2.24, 2.45) is 0 Å². The van der Waals surface area contributed by atoms with Gasteiger partial charge in [-0.05, 0) is 42.5 Å². The lowest BCUT2D eigenvalue weighted by Crippen LogP contribution is -2.09. The molecule has 0 aliphatic carbocycles. The van der Waals surface area contributed by atoms with Crippen molar-refractivity contribution in [2.45, 2.75) is 0 Å². The van der Waals surface area contributed by atoms with Gasteiger partial charge in [0.1, 0.15) is 11.5 Å². The van der Waals surface area contributed by atoms with Crippen LogP contribution in [0.5, 0.6) is 11.5 Å². The van der Waals surface area contributed by atoms with E-state index in [9.17, 15) is 4.79 Å². The van der Waals surface area contributed by atoms with Crippen molar-refractivity contribution in [2.75, 3.05) is 7.11 Å². The van der Waals surface area contributed by atoms with Crippen molar-refractivity contribution in [3.05, 3.63) is 58.1 Å². The van der Waals surface area contributed by atoms with Gasteiger partial charge < -0.3 is 9.47 Å². The van der Waals surface area contributed by atoms with Crippen LogP contribution in [0.3, 0.4) is 0 Å². The summed E-state index contributed by atoms with van der Waals surface area (Å²) in [6, 6.07) is 11.3. The summed E-state index contributed by atoms with van der Waals surface area (Å²) in [6.07, 6.45) is 0. The molecule has 0 aromatic heterocycles. The second-order valence-electron chi connectivity index (χ2n) is 3.69. The molecule has 0 atom stereocenters. The fourth-order valence-corrected chi connectivity index (χ4v) is 1.83. The third-order valence-corrected chi connectivity index (χ3v) is 2.98. The number of rotatable bonds is 3. The molecule has 2 rings (SSSR count). The normalized spacial score (nSPS) is 10.1. The lowest BCUT2D eigenvalue weighted by atomic mass is 10.2. The molecule has 0 spiro atoms. The highest BCUT2D eigenvalue weighted by molar-refractivity contribution is 6.35. The van der Waals surface area contributed by atoms with E-state index in [1.54, 1.807) is 43.5 Å². The molecule has 0 fully saturated rings. The van der Waals surface area contributed by atoms with Gasteiger partial charge in [0.15, 0.2) is 0 Å². The predicted molar refractivity (Wildman–Crippen MR) is 74.4 cm³/mol. The highest BCUT2D eigenvalue weighted by atomic mass is 35.5. The van der Waals surface area contributed by atoms with E-state index < -0.39 is 5.97 Å². The van der Waals surface area contributed by atoms with Gasteiger partial charge in [0.2, 0.25) is 0 Å². The summed E-state index contributed by atoms with van der Waals surface area (Å²) in [5.41, 5.74) is 0.227. The molecule has 0 amide bonds. The molecule has 0 N–H and O–H groups in total. The summed E-state index contributed by atoms with van der Waals surface area (Å²) >= 11 is 11.7. The number of hydrogen-bond donors (Lipinski definition) is 0. The Kier molecular flexibility index (Phi) is 4.30. The lowest BCUT2D eigenvalue weighted by Gasteiger charge is -2.07. The van der Waals surface area contributed by atoms with Crippen LogP contribution in [0.25, 0.3) is 0 Å². The largest absolute Gasteiger partial charge is 0.497 e. The van der Waals surface area contributed by atoms with Gasteiger partial charge in [-0.1, -0.05) is 23.2 Å². The Morgan fingerprint density at radius 1 is 1.00 bits per heavy atom. The predicted octanol–water partition coefficient (Wildman–Crippen LogP) is 4.22. The molecule has 98 valence electrons. The number of hydrogen-bond acceptors (Lipinski definition) is 3. The Morgan fingerprint density at radius 3 is 2.26 bits per heavy atom. The van der Waals surface area contributed by atoms with E-state index in [2.05, 4.69) is 0 Å². The number of carbonyl (C=O) groups excluding carboxylic acids is 1. The van der Waals surface area contributed by atoms with Crippen LogP contribution in [0.15, 0.2) is 42.5 Å². The van der Waals surface area contributed by atoms with E-state index in [0.717, 1.165) is 0 Å². The third kappa shape index (κ3) is 3.40. The van der Waals surface area contributed by atoms with Crippen molar-refractivity contribution in [1.29, 1.82) is 0 Å². The number of ether oxygens (including phenoxy) is 2. The molecule has 0 aliphatic rings. The number of benzene rings is 2. The number of carbonyl (C=O) groups is 1. The fraction of sp³-hybridized carbons (Fsp3) is 0.0714. The Balaban J connectivity index is 2.18. The van der Waals surface area contributed by atoms with Gasteiger partial charge in [0, 0.05) is 5.02 Å². The minimum absolute atomic E-state index is 0.227. The second kappa shape index (κ2) is 5.95. The van der Waals surface area contributed by atoms with Gasteiger partial charge in [0.05, 0.1) is 17.7 Å². The molecular weight excluding hydrogens is 287 g/mol. The Hall–Kier alpha value is -1.71. The first-order valence-corrected chi connectivity index (χ1v) is 6.17. The van der Waals surface area contributed by atoms with Crippen LogP contribution >= 0.6 is 23.2 Å². The Bertz CT molecular complexity index is 594. The molecule has 5 heteroatoms. The van der Waals surface area contributed by atoms with Crippen molar-refractivity contribution in [3.8, 4) is 11.5 Å². The lowest BCUT2D eigenvalue weighted by molar-refractivity contribution is 0.0735. The van der Waals surface area contributed by atoms with E-state index in [-0.39, 0.29) is 5.56 Å². The molecule has 2 aromatic carbocycles. The van der Waals surface area contributed by atoms with Gasteiger partial charge in [-0.3, -0.25) is 0 Å². The fourth-order valence-electron chi connectivity index (χ4n) is 1.46. The maximum atomic E-state index is 11.9. The molecule has 19 heavy (non-hydrogen) atoms.